The molecule has 0 radical (unpaired) electrons. The minimum atomic E-state index is -4.88. The number of aromatic nitrogens is 3. The van der Waals surface area contributed by atoms with Gasteiger partial charge in [-0.3, -0.25) is 4.79 Å². The summed E-state index contributed by atoms with van der Waals surface area (Å²) in [4.78, 5) is 16.7. The van der Waals surface area contributed by atoms with E-state index in [1.54, 1.807) is 6.21 Å². The van der Waals surface area contributed by atoms with Gasteiger partial charge in [0.25, 0.3) is 5.91 Å². The molecule has 0 aliphatic carbocycles. The number of carbonyl (C=O) groups excluding carboxylic acids is 1. The highest BCUT2D eigenvalue weighted by Crippen LogP contribution is 2.34. The Morgan fingerprint density at radius 2 is 2.00 bits per heavy atom. The van der Waals surface area contributed by atoms with Crippen LogP contribution in [0.3, 0.4) is 0 Å². The second-order valence-electron chi connectivity index (χ2n) is 6.43. The van der Waals surface area contributed by atoms with Gasteiger partial charge in [-0.25, -0.2) is 15.1 Å². The average Bonchev–Trinajstić information content (AvgIpc) is 3.44. The number of anilines is 2. The number of alkyl halides is 3. The molecule has 1 aliphatic rings. The number of halogens is 4. The molecular weight excluding hydrogens is 449 g/mol. The van der Waals surface area contributed by atoms with E-state index >= 15 is 0 Å². The Labute approximate surface area is 183 Å². The van der Waals surface area contributed by atoms with Crippen LogP contribution in [0.15, 0.2) is 47.8 Å². The van der Waals surface area contributed by atoms with Gasteiger partial charge in [0.15, 0.2) is 11.5 Å². The van der Waals surface area contributed by atoms with Crippen molar-refractivity contribution in [2.45, 2.75) is 6.18 Å². The molecule has 162 valence electrons. The van der Waals surface area contributed by atoms with Gasteiger partial charge in [0.05, 0.1) is 52.5 Å². The highest BCUT2D eigenvalue weighted by atomic mass is 35.5. The number of hydrazone groups is 1. The lowest BCUT2D eigenvalue weighted by atomic mass is 10.2. The number of nitrogens with one attached hydrogen (secondary N) is 2. The van der Waals surface area contributed by atoms with Gasteiger partial charge in [-0.15, -0.1) is 0 Å². The standard InChI is InChI=1S/C19H12ClF3N8O/c20-15-7-12(9-25-17(15)31-26-5-6-27-31)29-18(32)14-10-28-30(16(14)19(21,22)23)13-3-1-11(8-24)2-4-13/h1-5,7,9-10,27H,6H2,(H,29,32). The van der Waals surface area contributed by atoms with Crippen LogP contribution in [0.4, 0.5) is 24.7 Å². The van der Waals surface area contributed by atoms with Crippen molar-refractivity contribution in [2.24, 2.45) is 5.10 Å². The van der Waals surface area contributed by atoms with E-state index in [0.717, 1.165) is 6.20 Å². The van der Waals surface area contributed by atoms with Gasteiger partial charge in [-0.2, -0.15) is 33.8 Å². The maximum Gasteiger partial charge on any atom is 0.434 e. The van der Waals surface area contributed by atoms with E-state index in [1.165, 1.54) is 41.6 Å². The first-order valence-corrected chi connectivity index (χ1v) is 9.34. The van der Waals surface area contributed by atoms with Crippen LogP contribution in [0.5, 0.6) is 0 Å². The Balaban J connectivity index is 1.64. The molecular formula is C19H12ClF3N8O. The third-order valence-electron chi connectivity index (χ3n) is 4.33. The van der Waals surface area contributed by atoms with Gasteiger partial charge in [0.1, 0.15) is 0 Å². The first-order valence-electron chi connectivity index (χ1n) is 8.96. The number of hydrogen-bond acceptors (Lipinski definition) is 7. The van der Waals surface area contributed by atoms with Crippen molar-refractivity contribution >= 4 is 35.2 Å². The minimum absolute atomic E-state index is 0.0445. The molecule has 3 heterocycles. The number of hydrazine groups is 1. The zero-order valence-electron chi connectivity index (χ0n) is 15.9. The second kappa shape index (κ2) is 8.29. The Kier molecular flexibility index (Phi) is 5.52. The van der Waals surface area contributed by atoms with Crippen LogP contribution in [0.2, 0.25) is 5.02 Å². The summed E-state index contributed by atoms with van der Waals surface area (Å²) in [7, 11) is 0. The summed E-state index contributed by atoms with van der Waals surface area (Å²) in [6, 6.07) is 8.54. The summed E-state index contributed by atoms with van der Waals surface area (Å²) in [6.07, 6.45) is -1.22. The molecule has 0 saturated heterocycles. The molecule has 0 bridgehead atoms. The van der Waals surface area contributed by atoms with Crippen LogP contribution >= 0.6 is 11.6 Å². The lowest BCUT2D eigenvalue weighted by Gasteiger charge is -2.15. The Morgan fingerprint density at radius 1 is 1.25 bits per heavy atom. The third-order valence-corrected chi connectivity index (χ3v) is 4.61. The number of amides is 1. The second-order valence-corrected chi connectivity index (χ2v) is 6.84. The highest BCUT2D eigenvalue weighted by molar-refractivity contribution is 6.33. The monoisotopic (exact) mass is 460 g/mol. The van der Waals surface area contributed by atoms with Crippen LogP contribution < -0.4 is 15.9 Å². The van der Waals surface area contributed by atoms with E-state index in [-0.39, 0.29) is 27.8 Å². The molecule has 0 spiro atoms. The zero-order valence-corrected chi connectivity index (χ0v) is 16.7. The SMILES string of the molecule is N#Cc1ccc(-n2ncc(C(=O)Nc3cnc(N4N=CCN4)c(Cl)c3)c2C(F)(F)F)cc1. The predicted molar refractivity (Wildman–Crippen MR) is 109 cm³/mol. The summed E-state index contributed by atoms with van der Waals surface area (Å²) in [5.41, 5.74) is 1.33. The zero-order chi connectivity index (χ0) is 22.9. The van der Waals surface area contributed by atoms with Crippen LogP contribution in [0.1, 0.15) is 21.6 Å². The lowest BCUT2D eigenvalue weighted by Crippen LogP contribution is -2.29. The van der Waals surface area contributed by atoms with E-state index < -0.39 is 23.3 Å². The van der Waals surface area contributed by atoms with Gasteiger partial charge in [0, 0.05) is 6.21 Å². The molecule has 13 heteroatoms. The van der Waals surface area contributed by atoms with Crippen molar-refractivity contribution in [2.75, 3.05) is 17.0 Å². The van der Waals surface area contributed by atoms with Crippen molar-refractivity contribution in [3.05, 3.63) is 64.6 Å². The van der Waals surface area contributed by atoms with E-state index in [1.807, 2.05) is 6.07 Å². The molecule has 3 aromatic rings. The molecule has 9 nitrogen and oxygen atoms in total. The summed E-state index contributed by atoms with van der Waals surface area (Å²) in [5, 5.41) is 20.4. The fourth-order valence-corrected chi connectivity index (χ4v) is 3.18. The Hall–Kier alpha value is -3.95. The van der Waals surface area contributed by atoms with E-state index in [4.69, 9.17) is 16.9 Å². The van der Waals surface area contributed by atoms with Crippen LogP contribution in [0, 0.1) is 11.3 Å². The van der Waals surface area contributed by atoms with Gasteiger partial charge in [0.2, 0.25) is 0 Å². The number of nitriles is 1. The largest absolute Gasteiger partial charge is 0.434 e. The van der Waals surface area contributed by atoms with Gasteiger partial charge >= 0.3 is 6.18 Å². The van der Waals surface area contributed by atoms with Gasteiger partial charge < -0.3 is 5.32 Å². The van der Waals surface area contributed by atoms with Crippen LogP contribution in [0.25, 0.3) is 5.69 Å². The third kappa shape index (κ3) is 4.11. The van der Waals surface area contributed by atoms with E-state index in [9.17, 15) is 18.0 Å². The maximum atomic E-state index is 13.8. The summed E-state index contributed by atoms with van der Waals surface area (Å²) >= 11 is 6.16. The fraction of sp³-hybridized carbons (Fsp3) is 0.105. The topological polar surface area (TPSA) is 111 Å². The lowest BCUT2D eigenvalue weighted by molar-refractivity contribution is -0.143. The smallest absolute Gasteiger partial charge is 0.320 e. The van der Waals surface area contributed by atoms with Crippen molar-refractivity contribution in [1.82, 2.24) is 20.2 Å². The van der Waals surface area contributed by atoms with Crippen LogP contribution in [-0.4, -0.2) is 33.4 Å². The molecule has 0 unspecified atom stereocenters. The number of carbonyl (C=O) groups is 1. The first-order chi connectivity index (χ1) is 15.3. The number of hydrogen-bond donors (Lipinski definition) is 2. The predicted octanol–water partition coefficient (Wildman–Crippen LogP) is 3.37. The molecule has 4 rings (SSSR count). The molecule has 0 fully saturated rings. The quantitative estimate of drug-likeness (QED) is 0.617. The number of pyridine rings is 1. The Bertz CT molecular complexity index is 1250. The summed E-state index contributed by atoms with van der Waals surface area (Å²) in [6.45, 7) is 0.486. The van der Waals surface area contributed by atoms with Crippen molar-refractivity contribution in [3.8, 4) is 11.8 Å². The number of benzene rings is 1. The van der Waals surface area contributed by atoms with E-state index in [2.05, 4.69) is 25.9 Å². The number of nitrogens with zero attached hydrogens (tertiary/aromatic N) is 6. The van der Waals surface area contributed by atoms with Crippen molar-refractivity contribution < 1.29 is 18.0 Å². The molecule has 1 aliphatic heterocycles. The molecule has 2 aromatic heterocycles. The number of rotatable bonds is 4. The normalized spacial score (nSPS) is 13.3. The minimum Gasteiger partial charge on any atom is -0.320 e. The highest BCUT2D eigenvalue weighted by Gasteiger charge is 2.40. The fourth-order valence-electron chi connectivity index (χ4n) is 2.93. The van der Waals surface area contributed by atoms with Gasteiger partial charge in [-0.05, 0) is 30.3 Å². The Morgan fingerprint density at radius 3 is 2.59 bits per heavy atom. The average molecular weight is 461 g/mol. The molecule has 1 aromatic carbocycles. The maximum absolute atomic E-state index is 13.8. The van der Waals surface area contributed by atoms with Crippen molar-refractivity contribution in [1.29, 1.82) is 5.26 Å². The first kappa shape index (κ1) is 21.3. The molecule has 2 N–H and O–H groups in total. The van der Waals surface area contributed by atoms with E-state index in [0.29, 0.717) is 11.2 Å². The molecule has 1 amide bonds. The molecule has 32 heavy (non-hydrogen) atoms. The molecule has 0 atom stereocenters. The summed E-state index contributed by atoms with van der Waals surface area (Å²) in [5.74, 6) is -0.775. The summed E-state index contributed by atoms with van der Waals surface area (Å²) < 4.78 is 42.0. The van der Waals surface area contributed by atoms with Crippen molar-refractivity contribution in [3.63, 3.8) is 0 Å². The van der Waals surface area contributed by atoms with Gasteiger partial charge in [-0.1, -0.05) is 11.6 Å². The molecule has 0 saturated carbocycles. The van der Waals surface area contributed by atoms with Crippen LogP contribution in [-0.2, 0) is 6.18 Å².